The Labute approximate surface area is 129 Å². The first kappa shape index (κ1) is 16.2. The molecule has 0 amide bonds. The minimum absolute atomic E-state index is 0.594. The summed E-state index contributed by atoms with van der Waals surface area (Å²) < 4.78 is 11.4. The van der Waals surface area contributed by atoms with Gasteiger partial charge in [-0.2, -0.15) is 0 Å². The number of benzene rings is 1. The topological polar surface area (TPSA) is 30.5 Å². The number of rotatable bonds is 8. The molecule has 3 heteroatoms. The molecule has 1 atom stereocenters. The maximum atomic E-state index is 5.84. The Morgan fingerprint density at radius 1 is 1.10 bits per heavy atom. The van der Waals surface area contributed by atoms with Crippen molar-refractivity contribution in [1.82, 2.24) is 5.32 Å². The molecule has 1 aliphatic rings. The molecule has 0 aromatic heterocycles. The first-order chi connectivity index (χ1) is 10.3. The maximum Gasteiger partial charge on any atom is 0.161 e. The Kier molecular flexibility index (Phi) is 6.87. The number of nitrogens with one attached hydrogen (secondary N) is 1. The first-order valence-electron chi connectivity index (χ1n) is 8.39. The normalized spacial score (nSPS) is 17.4. The monoisotopic (exact) mass is 291 g/mol. The van der Waals surface area contributed by atoms with Crippen LogP contribution in [0.3, 0.4) is 0 Å². The summed E-state index contributed by atoms with van der Waals surface area (Å²) in [4.78, 5) is 0. The molecule has 0 unspecified atom stereocenters. The van der Waals surface area contributed by atoms with Gasteiger partial charge in [0.15, 0.2) is 11.5 Å². The van der Waals surface area contributed by atoms with Crippen molar-refractivity contribution in [2.45, 2.75) is 52.0 Å². The van der Waals surface area contributed by atoms with Crippen LogP contribution in [0, 0.1) is 5.92 Å². The zero-order valence-electron chi connectivity index (χ0n) is 13.4. The summed E-state index contributed by atoms with van der Waals surface area (Å²) in [7, 11) is 0. The van der Waals surface area contributed by atoms with E-state index >= 15 is 0 Å². The van der Waals surface area contributed by atoms with Crippen molar-refractivity contribution >= 4 is 0 Å². The van der Waals surface area contributed by atoms with Crippen LogP contribution in [0.25, 0.3) is 0 Å². The molecule has 0 aliphatic heterocycles. The molecule has 0 heterocycles. The Morgan fingerprint density at radius 2 is 1.76 bits per heavy atom. The van der Waals surface area contributed by atoms with Gasteiger partial charge in [-0.15, -0.1) is 0 Å². The molecule has 0 spiro atoms. The molecule has 1 aromatic carbocycles. The largest absolute Gasteiger partial charge is 0.490 e. The highest BCUT2D eigenvalue weighted by Crippen LogP contribution is 2.27. The van der Waals surface area contributed by atoms with E-state index in [0.29, 0.717) is 19.3 Å². The van der Waals surface area contributed by atoms with Gasteiger partial charge in [0.25, 0.3) is 0 Å². The van der Waals surface area contributed by atoms with Crippen molar-refractivity contribution in [3.05, 3.63) is 24.3 Å². The fourth-order valence-electron chi connectivity index (χ4n) is 3.09. The predicted octanol–water partition coefficient (Wildman–Crippen LogP) is 4.02. The molecule has 21 heavy (non-hydrogen) atoms. The summed E-state index contributed by atoms with van der Waals surface area (Å²) in [6.07, 6.45) is 6.97. The van der Waals surface area contributed by atoms with Crippen LogP contribution in [0.5, 0.6) is 11.5 Å². The van der Waals surface area contributed by atoms with Gasteiger partial charge in [-0.25, -0.2) is 0 Å². The molecule has 3 nitrogen and oxygen atoms in total. The van der Waals surface area contributed by atoms with Crippen molar-refractivity contribution in [3.8, 4) is 11.5 Å². The van der Waals surface area contributed by atoms with Crippen LogP contribution in [0.15, 0.2) is 24.3 Å². The molecule has 0 saturated heterocycles. The van der Waals surface area contributed by atoms with Crippen molar-refractivity contribution in [3.63, 3.8) is 0 Å². The van der Waals surface area contributed by atoms with Gasteiger partial charge in [-0.05, 0) is 44.7 Å². The van der Waals surface area contributed by atoms with Crippen LogP contribution < -0.4 is 14.8 Å². The molecule has 1 fully saturated rings. The molecule has 1 N–H and O–H groups in total. The fraction of sp³-hybridized carbons (Fsp3) is 0.667. The molecule has 1 aliphatic carbocycles. The minimum Gasteiger partial charge on any atom is -0.490 e. The van der Waals surface area contributed by atoms with Gasteiger partial charge < -0.3 is 14.8 Å². The van der Waals surface area contributed by atoms with Crippen LogP contribution in [0.1, 0.15) is 46.0 Å². The number of hydrogen-bond acceptors (Lipinski definition) is 3. The molecular weight excluding hydrogens is 262 g/mol. The Morgan fingerprint density at radius 3 is 2.43 bits per heavy atom. The molecule has 0 radical (unpaired) electrons. The second-order valence-corrected chi connectivity index (χ2v) is 5.87. The average molecular weight is 291 g/mol. The SMILES string of the molecule is CCOc1ccccc1OCCN[C@H](C)C1CCCCC1. The predicted molar refractivity (Wildman–Crippen MR) is 87.1 cm³/mol. The van der Waals surface area contributed by atoms with Crippen molar-refractivity contribution in [1.29, 1.82) is 0 Å². The van der Waals surface area contributed by atoms with E-state index in [0.717, 1.165) is 24.0 Å². The van der Waals surface area contributed by atoms with Crippen LogP contribution in [0.2, 0.25) is 0 Å². The quantitative estimate of drug-likeness (QED) is 0.734. The summed E-state index contributed by atoms with van der Waals surface area (Å²) in [5.41, 5.74) is 0. The summed E-state index contributed by atoms with van der Waals surface area (Å²) >= 11 is 0. The van der Waals surface area contributed by atoms with Crippen molar-refractivity contribution in [2.75, 3.05) is 19.8 Å². The lowest BCUT2D eigenvalue weighted by molar-refractivity contribution is 0.247. The molecule has 1 aromatic rings. The molecule has 1 saturated carbocycles. The van der Waals surface area contributed by atoms with E-state index in [-0.39, 0.29) is 0 Å². The van der Waals surface area contributed by atoms with Gasteiger partial charge >= 0.3 is 0 Å². The molecule has 2 rings (SSSR count). The van der Waals surface area contributed by atoms with Crippen LogP contribution >= 0.6 is 0 Å². The molecule has 0 bridgehead atoms. The smallest absolute Gasteiger partial charge is 0.161 e. The summed E-state index contributed by atoms with van der Waals surface area (Å²) in [5.74, 6) is 2.52. The number of para-hydroxylation sites is 2. The van der Waals surface area contributed by atoms with Crippen LogP contribution in [0.4, 0.5) is 0 Å². The van der Waals surface area contributed by atoms with E-state index in [1.54, 1.807) is 0 Å². The van der Waals surface area contributed by atoms with Gasteiger partial charge in [0.05, 0.1) is 6.61 Å². The van der Waals surface area contributed by atoms with Gasteiger partial charge in [-0.3, -0.25) is 0 Å². The van der Waals surface area contributed by atoms with Crippen LogP contribution in [-0.2, 0) is 0 Å². The van der Waals surface area contributed by atoms with E-state index in [4.69, 9.17) is 9.47 Å². The molecule has 118 valence electrons. The van der Waals surface area contributed by atoms with E-state index in [9.17, 15) is 0 Å². The van der Waals surface area contributed by atoms with Crippen molar-refractivity contribution in [2.24, 2.45) is 5.92 Å². The summed E-state index contributed by atoms with van der Waals surface area (Å²) in [6, 6.07) is 8.47. The second-order valence-electron chi connectivity index (χ2n) is 5.87. The zero-order chi connectivity index (χ0) is 14.9. The third-order valence-electron chi connectivity index (χ3n) is 4.33. The van der Waals surface area contributed by atoms with Crippen molar-refractivity contribution < 1.29 is 9.47 Å². The lowest BCUT2D eigenvalue weighted by atomic mass is 9.84. The zero-order valence-corrected chi connectivity index (χ0v) is 13.4. The fourth-order valence-corrected chi connectivity index (χ4v) is 3.09. The highest BCUT2D eigenvalue weighted by molar-refractivity contribution is 5.39. The van der Waals surface area contributed by atoms with E-state index < -0.39 is 0 Å². The van der Waals surface area contributed by atoms with Gasteiger partial charge in [0.2, 0.25) is 0 Å². The summed E-state index contributed by atoms with van der Waals surface area (Å²) in [5, 5.41) is 3.61. The van der Waals surface area contributed by atoms with Gasteiger partial charge in [0, 0.05) is 12.6 Å². The summed E-state index contributed by atoms with van der Waals surface area (Å²) in [6.45, 7) is 6.53. The highest BCUT2D eigenvalue weighted by Gasteiger charge is 2.19. The lowest BCUT2D eigenvalue weighted by Gasteiger charge is -2.28. The number of ether oxygens (including phenoxy) is 2. The Balaban J connectivity index is 1.69. The van der Waals surface area contributed by atoms with Crippen LogP contribution in [-0.4, -0.2) is 25.8 Å². The number of hydrogen-bond donors (Lipinski definition) is 1. The van der Waals surface area contributed by atoms with E-state index in [1.165, 1.54) is 32.1 Å². The third kappa shape index (κ3) is 5.24. The Hall–Kier alpha value is -1.22. The maximum absolute atomic E-state index is 5.84. The average Bonchev–Trinajstić information content (AvgIpc) is 2.54. The molecular formula is C18H29NO2. The van der Waals surface area contributed by atoms with Gasteiger partial charge in [-0.1, -0.05) is 31.4 Å². The first-order valence-corrected chi connectivity index (χ1v) is 8.39. The van der Waals surface area contributed by atoms with Gasteiger partial charge in [0.1, 0.15) is 6.61 Å². The minimum atomic E-state index is 0.594. The standard InChI is InChI=1S/C18H29NO2/c1-3-20-17-11-7-8-12-18(17)21-14-13-19-15(2)16-9-5-4-6-10-16/h7-8,11-12,15-16,19H,3-6,9-10,13-14H2,1-2H3/t15-/m1/s1. The second kappa shape index (κ2) is 8.93. The Bertz CT molecular complexity index is 402. The lowest BCUT2D eigenvalue weighted by Crippen LogP contribution is -2.37. The van der Waals surface area contributed by atoms with E-state index in [1.807, 2.05) is 31.2 Å². The van der Waals surface area contributed by atoms with E-state index in [2.05, 4.69) is 12.2 Å². The highest BCUT2D eigenvalue weighted by atomic mass is 16.5. The third-order valence-corrected chi connectivity index (χ3v) is 4.33.